The van der Waals surface area contributed by atoms with Crippen LogP contribution in [-0.2, 0) is 6.42 Å². The van der Waals surface area contributed by atoms with Gasteiger partial charge in [0.05, 0.1) is 0 Å². The number of unbranched alkanes of at least 4 members (excludes halogenated alkanes) is 3. The second-order valence-electron chi connectivity index (χ2n) is 7.74. The van der Waals surface area contributed by atoms with Crippen molar-refractivity contribution < 1.29 is 5.11 Å². The Morgan fingerprint density at radius 2 is 1.56 bits per heavy atom. The van der Waals surface area contributed by atoms with E-state index in [1.807, 2.05) is 6.07 Å². The number of aromatic hydroxyl groups is 1. The van der Waals surface area contributed by atoms with E-state index in [2.05, 4.69) is 65.0 Å². The maximum atomic E-state index is 10.8. The number of hydrogen-bond acceptors (Lipinski definition) is 1. The van der Waals surface area contributed by atoms with Crippen LogP contribution < -0.4 is 0 Å². The predicted octanol–water partition coefficient (Wildman–Crippen LogP) is 7.43. The molecule has 0 aliphatic carbocycles. The van der Waals surface area contributed by atoms with Crippen molar-refractivity contribution in [3.63, 3.8) is 0 Å². The van der Waals surface area contributed by atoms with Crippen molar-refractivity contribution in [3.05, 3.63) is 53.1 Å². The Morgan fingerprint density at radius 3 is 2.12 bits per heavy atom. The minimum Gasteiger partial charge on any atom is -0.508 e. The molecule has 0 radical (unpaired) electrons. The summed E-state index contributed by atoms with van der Waals surface area (Å²) in [5, 5.41) is 10.8. The molecular weight excluding hydrogens is 304 g/mol. The van der Waals surface area contributed by atoms with Gasteiger partial charge in [0.1, 0.15) is 5.75 Å². The first-order chi connectivity index (χ1) is 12.0. The van der Waals surface area contributed by atoms with Gasteiger partial charge in [-0.2, -0.15) is 0 Å². The van der Waals surface area contributed by atoms with Crippen LogP contribution in [0, 0.1) is 0 Å². The lowest BCUT2D eigenvalue weighted by molar-refractivity contribution is 0.464. The van der Waals surface area contributed by atoms with Crippen LogP contribution in [0.3, 0.4) is 0 Å². The summed E-state index contributed by atoms with van der Waals surface area (Å²) in [4.78, 5) is 0. The molecule has 2 aromatic rings. The zero-order valence-corrected chi connectivity index (χ0v) is 16.6. The molecule has 2 aromatic carbocycles. The molecule has 2 rings (SSSR count). The SMILES string of the molecule is CCCCCCc1c(O)cc(C(C)C)c(C(C)C)c1-c1ccccc1. The zero-order valence-electron chi connectivity index (χ0n) is 16.6. The van der Waals surface area contributed by atoms with E-state index in [4.69, 9.17) is 0 Å². The highest BCUT2D eigenvalue weighted by molar-refractivity contribution is 5.76. The third-order valence-corrected chi connectivity index (χ3v) is 5.03. The fourth-order valence-electron chi connectivity index (χ4n) is 3.76. The Balaban J connectivity index is 2.63. The van der Waals surface area contributed by atoms with Crippen molar-refractivity contribution >= 4 is 0 Å². The van der Waals surface area contributed by atoms with Gasteiger partial charge in [0.15, 0.2) is 0 Å². The molecule has 0 heterocycles. The van der Waals surface area contributed by atoms with Gasteiger partial charge in [-0.3, -0.25) is 0 Å². The topological polar surface area (TPSA) is 20.2 Å². The van der Waals surface area contributed by atoms with Gasteiger partial charge < -0.3 is 5.11 Å². The lowest BCUT2D eigenvalue weighted by atomic mass is 9.80. The molecule has 0 aromatic heterocycles. The van der Waals surface area contributed by atoms with Crippen molar-refractivity contribution in [2.75, 3.05) is 0 Å². The molecule has 0 spiro atoms. The first-order valence-electron chi connectivity index (χ1n) is 9.91. The van der Waals surface area contributed by atoms with Crippen molar-refractivity contribution in [1.82, 2.24) is 0 Å². The molecule has 0 saturated heterocycles. The summed E-state index contributed by atoms with van der Waals surface area (Å²) in [6, 6.07) is 12.6. The summed E-state index contributed by atoms with van der Waals surface area (Å²) in [5.74, 6) is 1.31. The molecule has 1 nitrogen and oxygen atoms in total. The molecule has 1 N–H and O–H groups in total. The smallest absolute Gasteiger partial charge is 0.119 e. The highest BCUT2D eigenvalue weighted by atomic mass is 16.3. The van der Waals surface area contributed by atoms with E-state index in [9.17, 15) is 5.11 Å². The maximum absolute atomic E-state index is 10.8. The summed E-state index contributed by atoms with van der Waals surface area (Å²) in [6.07, 6.45) is 5.82. The fourth-order valence-corrected chi connectivity index (χ4v) is 3.76. The Bertz CT molecular complexity index is 668. The minimum absolute atomic E-state index is 0.403. The molecule has 0 aliphatic rings. The lowest BCUT2D eigenvalue weighted by Crippen LogP contribution is -2.06. The van der Waals surface area contributed by atoms with E-state index in [1.165, 1.54) is 41.5 Å². The van der Waals surface area contributed by atoms with Gasteiger partial charge in [-0.25, -0.2) is 0 Å². The summed E-state index contributed by atoms with van der Waals surface area (Å²) in [5.41, 5.74) is 6.33. The molecular formula is C24H34O. The number of phenolic OH excluding ortho intramolecular Hbond substituents is 1. The molecule has 0 atom stereocenters. The maximum Gasteiger partial charge on any atom is 0.119 e. The van der Waals surface area contributed by atoms with Crippen LogP contribution in [0.1, 0.15) is 88.8 Å². The van der Waals surface area contributed by atoms with Gasteiger partial charge in [0, 0.05) is 5.56 Å². The van der Waals surface area contributed by atoms with E-state index in [0.29, 0.717) is 17.6 Å². The van der Waals surface area contributed by atoms with Gasteiger partial charge in [-0.05, 0) is 53.0 Å². The first-order valence-corrected chi connectivity index (χ1v) is 9.91. The summed E-state index contributed by atoms with van der Waals surface area (Å²) in [6.45, 7) is 11.2. The summed E-state index contributed by atoms with van der Waals surface area (Å²) < 4.78 is 0. The van der Waals surface area contributed by atoms with Gasteiger partial charge in [0.2, 0.25) is 0 Å². The van der Waals surface area contributed by atoms with Crippen LogP contribution in [0.2, 0.25) is 0 Å². The van der Waals surface area contributed by atoms with Crippen LogP contribution in [-0.4, -0.2) is 5.11 Å². The number of hydrogen-bond donors (Lipinski definition) is 1. The number of rotatable bonds is 8. The van der Waals surface area contributed by atoms with E-state index in [1.54, 1.807) is 0 Å². The van der Waals surface area contributed by atoms with Crippen LogP contribution in [0.15, 0.2) is 36.4 Å². The number of benzene rings is 2. The van der Waals surface area contributed by atoms with Crippen molar-refractivity contribution in [2.45, 2.75) is 78.6 Å². The van der Waals surface area contributed by atoms with Crippen molar-refractivity contribution in [1.29, 1.82) is 0 Å². The molecule has 0 amide bonds. The van der Waals surface area contributed by atoms with E-state index in [-0.39, 0.29) is 0 Å². The van der Waals surface area contributed by atoms with Crippen molar-refractivity contribution in [2.24, 2.45) is 0 Å². The predicted molar refractivity (Wildman–Crippen MR) is 110 cm³/mol. The van der Waals surface area contributed by atoms with Gasteiger partial charge in [-0.1, -0.05) is 84.2 Å². The summed E-state index contributed by atoms with van der Waals surface area (Å²) in [7, 11) is 0. The van der Waals surface area contributed by atoms with Crippen LogP contribution in [0.4, 0.5) is 0 Å². The van der Waals surface area contributed by atoms with Crippen LogP contribution in [0.25, 0.3) is 11.1 Å². The molecule has 0 bridgehead atoms. The average Bonchev–Trinajstić information content (AvgIpc) is 2.59. The fraction of sp³-hybridized carbons (Fsp3) is 0.500. The van der Waals surface area contributed by atoms with Gasteiger partial charge >= 0.3 is 0 Å². The Morgan fingerprint density at radius 1 is 0.880 bits per heavy atom. The highest BCUT2D eigenvalue weighted by Gasteiger charge is 2.22. The molecule has 25 heavy (non-hydrogen) atoms. The van der Waals surface area contributed by atoms with E-state index >= 15 is 0 Å². The normalized spacial score (nSPS) is 11.5. The van der Waals surface area contributed by atoms with Gasteiger partial charge in [0.25, 0.3) is 0 Å². The Labute approximate surface area is 154 Å². The van der Waals surface area contributed by atoms with Crippen LogP contribution in [0.5, 0.6) is 5.75 Å². The third kappa shape index (κ3) is 4.66. The highest BCUT2D eigenvalue weighted by Crippen LogP contribution is 2.42. The quantitative estimate of drug-likeness (QED) is 0.496. The first kappa shape index (κ1) is 19.6. The second-order valence-corrected chi connectivity index (χ2v) is 7.74. The second kappa shape index (κ2) is 9.08. The molecule has 0 aliphatic heterocycles. The molecule has 136 valence electrons. The van der Waals surface area contributed by atoms with Crippen LogP contribution >= 0.6 is 0 Å². The third-order valence-electron chi connectivity index (χ3n) is 5.03. The largest absolute Gasteiger partial charge is 0.508 e. The monoisotopic (exact) mass is 338 g/mol. The molecule has 0 saturated carbocycles. The Hall–Kier alpha value is -1.76. The summed E-state index contributed by atoms with van der Waals surface area (Å²) >= 11 is 0. The van der Waals surface area contributed by atoms with Gasteiger partial charge in [-0.15, -0.1) is 0 Å². The minimum atomic E-state index is 0.403. The molecule has 0 unspecified atom stereocenters. The average molecular weight is 339 g/mol. The van der Waals surface area contributed by atoms with Crippen molar-refractivity contribution in [3.8, 4) is 16.9 Å². The molecule has 1 heteroatoms. The lowest BCUT2D eigenvalue weighted by Gasteiger charge is -2.25. The Kier molecular flexibility index (Phi) is 7.11. The standard InChI is InChI=1S/C24H34O/c1-6-7-8-12-15-20-22(25)16-21(17(2)3)23(18(4)5)24(20)19-13-10-9-11-14-19/h9-11,13-14,16-18,25H,6-8,12,15H2,1-5H3. The van der Waals surface area contributed by atoms with E-state index < -0.39 is 0 Å². The van der Waals surface area contributed by atoms with E-state index in [0.717, 1.165) is 18.4 Å². The molecule has 0 fully saturated rings. The zero-order chi connectivity index (χ0) is 18.4. The number of phenols is 1.